The Morgan fingerprint density at radius 3 is 2.65 bits per heavy atom. The lowest BCUT2D eigenvalue weighted by atomic mass is 10.3. The molecule has 0 aliphatic heterocycles. The Kier molecular flexibility index (Phi) is 4.20. The van der Waals surface area contributed by atoms with Crippen molar-refractivity contribution in [3.63, 3.8) is 0 Å². The number of aromatic nitrogens is 2. The second-order valence-corrected chi connectivity index (χ2v) is 4.99. The van der Waals surface area contributed by atoms with Crippen LogP contribution in [0.25, 0.3) is 16.0 Å². The molecule has 104 valence electrons. The summed E-state index contributed by atoms with van der Waals surface area (Å²) in [7, 11) is 0. The maximum absolute atomic E-state index is 11.3. The van der Waals surface area contributed by atoms with E-state index < -0.39 is 0 Å². The van der Waals surface area contributed by atoms with Crippen molar-refractivity contribution in [3.05, 3.63) is 41.5 Å². The monoisotopic (exact) mass is 288 g/mol. The fourth-order valence-corrected chi connectivity index (χ4v) is 2.81. The number of carbonyl (C=O) groups excluding carboxylic acids is 1. The number of rotatable bonds is 2. The first-order valence-corrected chi connectivity index (χ1v) is 7.24. The summed E-state index contributed by atoms with van der Waals surface area (Å²) < 4.78 is 1.87. The van der Waals surface area contributed by atoms with Gasteiger partial charge >= 0.3 is 0 Å². The van der Waals surface area contributed by atoms with Crippen LogP contribution in [0.5, 0.6) is 5.75 Å². The number of Topliss-reactive ketones (excluding diaryl/α,β-unsaturated/α-hetero) is 1. The zero-order valence-electron chi connectivity index (χ0n) is 11.6. The Morgan fingerprint density at radius 1 is 1.30 bits per heavy atom. The molecule has 2 aromatic heterocycles. The van der Waals surface area contributed by atoms with Gasteiger partial charge in [-0.15, -0.1) is 11.3 Å². The summed E-state index contributed by atoms with van der Waals surface area (Å²) in [4.78, 5) is 16.0. The molecule has 0 aliphatic carbocycles. The molecule has 2 heterocycles. The van der Waals surface area contributed by atoms with Crippen LogP contribution in [0.4, 0.5) is 0 Å². The van der Waals surface area contributed by atoms with E-state index >= 15 is 0 Å². The maximum atomic E-state index is 11.3. The first kappa shape index (κ1) is 14.3. The molecule has 0 saturated carbocycles. The molecule has 1 aromatic carbocycles. The van der Waals surface area contributed by atoms with Crippen molar-refractivity contribution in [2.45, 2.75) is 20.8 Å². The smallest absolute Gasteiger partial charge is 0.173 e. The van der Waals surface area contributed by atoms with E-state index in [4.69, 9.17) is 0 Å². The third kappa shape index (κ3) is 2.44. The minimum atomic E-state index is -0.131. The molecule has 0 atom stereocenters. The Labute approximate surface area is 121 Å². The van der Waals surface area contributed by atoms with E-state index in [1.165, 1.54) is 18.3 Å². The molecule has 0 unspecified atom stereocenters. The molecular formula is C15H16N2O2S. The summed E-state index contributed by atoms with van der Waals surface area (Å²) in [5, 5.41) is 10.5. The number of ketones is 1. The van der Waals surface area contributed by atoms with Crippen molar-refractivity contribution in [1.82, 2.24) is 9.55 Å². The van der Waals surface area contributed by atoms with Crippen molar-refractivity contribution in [3.8, 4) is 10.8 Å². The highest BCUT2D eigenvalue weighted by atomic mass is 32.1. The van der Waals surface area contributed by atoms with Gasteiger partial charge in [-0.25, -0.2) is 4.98 Å². The lowest BCUT2D eigenvalue weighted by molar-refractivity contribution is 0.101. The number of carbonyl (C=O) groups is 1. The van der Waals surface area contributed by atoms with Gasteiger partial charge in [0.05, 0.1) is 11.0 Å². The first-order chi connectivity index (χ1) is 9.66. The van der Waals surface area contributed by atoms with E-state index in [0.29, 0.717) is 4.88 Å². The summed E-state index contributed by atoms with van der Waals surface area (Å²) in [5.41, 5.74) is 1.84. The van der Waals surface area contributed by atoms with Crippen LogP contribution in [0.3, 0.4) is 0 Å². The van der Waals surface area contributed by atoms with Crippen molar-refractivity contribution >= 4 is 28.2 Å². The molecule has 0 spiro atoms. The van der Waals surface area contributed by atoms with Crippen molar-refractivity contribution < 1.29 is 9.90 Å². The first-order valence-electron chi connectivity index (χ1n) is 6.43. The number of nitrogens with zero attached hydrogens (tertiary/aromatic N) is 2. The normalized spacial score (nSPS) is 10.2. The van der Waals surface area contributed by atoms with E-state index in [1.54, 1.807) is 12.4 Å². The van der Waals surface area contributed by atoms with Crippen LogP contribution >= 0.6 is 11.3 Å². The van der Waals surface area contributed by atoms with Crippen LogP contribution in [0.1, 0.15) is 30.4 Å². The summed E-state index contributed by atoms with van der Waals surface area (Å²) in [6.07, 6.45) is 1.69. The van der Waals surface area contributed by atoms with Gasteiger partial charge in [-0.05, 0) is 12.1 Å². The molecule has 0 saturated heterocycles. The highest BCUT2D eigenvalue weighted by Gasteiger charge is 2.14. The number of hydrogen-bond acceptors (Lipinski definition) is 4. The zero-order chi connectivity index (χ0) is 14.7. The molecule has 0 aliphatic rings. The van der Waals surface area contributed by atoms with Crippen LogP contribution < -0.4 is 0 Å². The van der Waals surface area contributed by atoms with Crippen molar-refractivity contribution in [1.29, 1.82) is 0 Å². The van der Waals surface area contributed by atoms with E-state index in [1.807, 2.05) is 42.7 Å². The molecule has 0 radical (unpaired) electrons. The molecule has 20 heavy (non-hydrogen) atoms. The van der Waals surface area contributed by atoms with Gasteiger partial charge in [-0.1, -0.05) is 26.0 Å². The predicted octanol–water partition coefficient (Wildman–Crippen LogP) is 4.02. The number of hydrogen-bond donors (Lipinski definition) is 1. The molecule has 0 bridgehead atoms. The van der Waals surface area contributed by atoms with E-state index in [0.717, 1.165) is 16.0 Å². The van der Waals surface area contributed by atoms with Crippen LogP contribution in [0.2, 0.25) is 0 Å². The van der Waals surface area contributed by atoms with Gasteiger partial charge in [-0.2, -0.15) is 0 Å². The largest absolute Gasteiger partial charge is 0.506 e. The maximum Gasteiger partial charge on any atom is 0.173 e. The van der Waals surface area contributed by atoms with Gasteiger partial charge in [0.25, 0.3) is 0 Å². The lowest BCUT2D eigenvalue weighted by Crippen LogP contribution is -1.87. The third-order valence-corrected chi connectivity index (χ3v) is 3.93. The SMILES string of the molecule is CC.CC(=O)c1sc(-n2cnc3ccccc32)cc1O. The van der Waals surface area contributed by atoms with Gasteiger partial charge in [0.1, 0.15) is 22.0 Å². The number of imidazole rings is 1. The van der Waals surface area contributed by atoms with E-state index in [9.17, 15) is 9.90 Å². The molecule has 4 nitrogen and oxygen atoms in total. The van der Waals surface area contributed by atoms with Gasteiger partial charge in [-0.3, -0.25) is 9.36 Å². The van der Waals surface area contributed by atoms with Crippen LogP contribution in [-0.2, 0) is 0 Å². The minimum absolute atomic E-state index is 0.0280. The second kappa shape index (κ2) is 5.88. The number of thiophene rings is 1. The van der Waals surface area contributed by atoms with E-state index in [2.05, 4.69) is 4.98 Å². The molecule has 5 heteroatoms. The van der Waals surface area contributed by atoms with Crippen LogP contribution in [0, 0.1) is 0 Å². The van der Waals surface area contributed by atoms with Crippen LogP contribution in [-0.4, -0.2) is 20.4 Å². The predicted molar refractivity (Wildman–Crippen MR) is 82.0 cm³/mol. The number of aromatic hydroxyl groups is 1. The Hall–Kier alpha value is -2.14. The summed E-state index contributed by atoms with van der Waals surface area (Å²) >= 11 is 1.26. The summed E-state index contributed by atoms with van der Waals surface area (Å²) in [6, 6.07) is 9.32. The summed E-state index contributed by atoms with van der Waals surface area (Å²) in [6.45, 7) is 5.45. The molecule has 3 rings (SSSR count). The van der Waals surface area contributed by atoms with Gasteiger partial charge in [0.2, 0.25) is 0 Å². The number of fused-ring (bicyclic) bond motifs is 1. The second-order valence-electron chi connectivity index (χ2n) is 3.96. The molecule has 1 N–H and O–H groups in total. The van der Waals surface area contributed by atoms with Gasteiger partial charge in [0.15, 0.2) is 5.78 Å². The average Bonchev–Trinajstić information content (AvgIpc) is 3.04. The lowest BCUT2D eigenvalue weighted by Gasteiger charge is -1.98. The standard InChI is InChI=1S/C13H10N2O2S.C2H6/c1-8(16)13-11(17)6-12(18-13)15-7-14-9-4-2-3-5-10(9)15;1-2/h2-7,17H,1H3;1-2H3. The zero-order valence-corrected chi connectivity index (χ0v) is 12.4. The molecule has 0 amide bonds. The van der Waals surface area contributed by atoms with Crippen molar-refractivity contribution in [2.24, 2.45) is 0 Å². The van der Waals surface area contributed by atoms with Gasteiger partial charge < -0.3 is 5.11 Å². The van der Waals surface area contributed by atoms with Crippen molar-refractivity contribution in [2.75, 3.05) is 0 Å². The van der Waals surface area contributed by atoms with Gasteiger partial charge in [0, 0.05) is 13.0 Å². The van der Waals surface area contributed by atoms with Crippen LogP contribution in [0.15, 0.2) is 36.7 Å². The Bertz CT molecular complexity index is 743. The third-order valence-electron chi connectivity index (χ3n) is 2.71. The summed E-state index contributed by atoms with van der Waals surface area (Å²) in [5.74, 6) is -0.103. The fraction of sp³-hybridized carbons (Fsp3) is 0.200. The molecule has 3 aromatic rings. The number of para-hydroxylation sites is 2. The number of benzene rings is 1. The fourth-order valence-electron chi connectivity index (χ4n) is 1.87. The minimum Gasteiger partial charge on any atom is -0.506 e. The highest BCUT2D eigenvalue weighted by Crippen LogP contribution is 2.32. The molecule has 0 fully saturated rings. The average molecular weight is 288 g/mol. The Morgan fingerprint density at radius 2 is 2.00 bits per heavy atom. The quantitative estimate of drug-likeness (QED) is 0.724. The Balaban J connectivity index is 0.000000704. The van der Waals surface area contributed by atoms with E-state index in [-0.39, 0.29) is 11.5 Å². The molecular weight excluding hydrogens is 272 g/mol. The topological polar surface area (TPSA) is 55.1 Å². The highest BCUT2D eigenvalue weighted by molar-refractivity contribution is 7.16.